The lowest BCUT2D eigenvalue weighted by atomic mass is 10.0. The lowest BCUT2D eigenvalue weighted by Gasteiger charge is -2.15. The van der Waals surface area contributed by atoms with E-state index < -0.39 is 6.10 Å². The van der Waals surface area contributed by atoms with Crippen molar-refractivity contribution in [1.82, 2.24) is 0 Å². The van der Waals surface area contributed by atoms with Gasteiger partial charge in [-0.05, 0) is 56.9 Å². The standard InChI is InChI=1S/C19H33NO3/c1-5-22-18-9-11-19(12-10-18)23-14-17(21)13-20-16(4)8-6-7-15(2)3/h9-12,15-17,20-21H,5-8,13-14H2,1-4H3/p+1/t16-,17+/m1/s1. The van der Waals surface area contributed by atoms with Crippen molar-refractivity contribution in [3.8, 4) is 11.5 Å². The molecule has 1 rings (SSSR count). The number of benzene rings is 1. The number of nitrogens with two attached hydrogens (primary N) is 1. The second kappa shape index (κ2) is 11.3. The van der Waals surface area contributed by atoms with Crippen LogP contribution in [-0.4, -0.2) is 37.0 Å². The zero-order chi connectivity index (χ0) is 17.1. The summed E-state index contributed by atoms with van der Waals surface area (Å²) in [6, 6.07) is 8.06. The maximum atomic E-state index is 10.0. The monoisotopic (exact) mass is 324 g/mol. The molecule has 0 bridgehead atoms. The summed E-state index contributed by atoms with van der Waals surface area (Å²) in [7, 11) is 0. The molecule has 1 aromatic rings. The Morgan fingerprint density at radius 1 is 1.00 bits per heavy atom. The van der Waals surface area contributed by atoms with E-state index in [1.807, 2.05) is 31.2 Å². The van der Waals surface area contributed by atoms with Crippen LogP contribution < -0.4 is 14.8 Å². The van der Waals surface area contributed by atoms with Gasteiger partial charge in [0, 0.05) is 0 Å². The van der Waals surface area contributed by atoms with E-state index in [9.17, 15) is 5.11 Å². The Bertz CT molecular complexity index is 406. The van der Waals surface area contributed by atoms with Gasteiger partial charge >= 0.3 is 0 Å². The van der Waals surface area contributed by atoms with Crippen LogP contribution in [0.4, 0.5) is 0 Å². The molecule has 0 fully saturated rings. The topological polar surface area (TPSA) is 55.3 Å². The fourth-order valence-corrected chi connectivity index (χ4v) is 2.41. The van der Waals surface area contributed by atoms with E-state index in [4.69, 9.17) is 9.47 Å². The first-order chi connectivity index (χ1) is 11.0. The summed E-state index contributed by atoms with van der Waals surface area (Å²) < 4.78 is 11.0. The van der Waals surface area contributed by atoms with Crippen molar-refractivity contribution in [2.45, 2.75) is 59.1 Å². The van der Waals surface area contributed by atoms with Crippen LogP contribution in [0.1, 0.15) is 47.0 Å². The Labute approximate surface area is 141 Å². The maximum absolute atomic E-state index is 10.0. The molecule has 0 aliphatic carbocycles. The van der Waals surface area contributed by atoms with Gasteiger partial charge in [0.15, 0.2) is 0 Å². The highest BCUT2D eigenvalue weighted by atomic mass is 16.5. The highest BCUT2D eigenvalue weighted by Gasteiger charge is 2.11. The van der Waals surface area contributed by atoms with Gasteiger partial charge in [-0.15, -0.1) is 0 Å². The first-order valence-corrected chi connectivity index (χ1v) is 8.88. The SMILES string of the molecule is CCOc1ccc(OC[C@@H](O)C[NH2+][C@H](C)CCCC(C)C)cc1. The number of aliphatic hydroxyl groups excluding tert-OH is 1. The molecule has 4 nitrogen and oxygen atoms in total. The third kappa shape index (κ3) is 9.47. The van der Waals surface area contributed by atoms with Crippen molar-refractivity contribution in [2.75, 3.05) is 19.8 Å². The average molecular weight is 324 g/mol. The molecule has 3 N–H and O–H groups in total. The Kier molecular flexibility index (Phi) is 9.72. The number of quaternary nitrogens is 1. The summed E-state index contributed by atoms with van der Waals surface area (Å²) in [4.78, 5) is 0. The molecule has 0 saturated heterocycles. The van der Waals surface area contributed by atoms with Crippen LogP contribution in [0.15, 0.2) is 24.3 Å². The van der Waals surface area contributed by atoms with Crippen LogP contribution in [-0.2, 0) is 0 Å². The third-order valence-electron chi connectivity index (χ3n) is 3.83. The Morgan fingerprint density at radius 2 is 1.61 bits per heavy atom. The second-order valence-electron chi connectivity index (χ2n) is 6.64. The van der Waals surface area contributed by atoms with Crippen molar-refractivity contribution in [1.29, 1.82) is 0 Å². The van der Waals surface area contributed by atoms with E-state index in [0.717, 1.165) is 17.4 Å². The predicted molar refractivity (Wildman–Crippen MR) is 94.1 cm³/mol. The molecule has 0 aliphatic rings. The molecule has 23 heavy (non-hydrogen) atoms. The molecule has 132 valence electrons. The van der Waals surface area contributed by atoms with Gasteiger partial charge in [0.1, 0.15) is 30.8 Å². The van der Waals surface area contributed by atoms with Crippen molar-refractivity contribution < 1.29 is 19.9 Å². The van der Waals surface area contributed by atoms with Gasteiger partial charge in [-0.1, -0.05) is 20.3 Å². The largest absolute Gasteiger partial charge is 0.494 e. The highest BCUT2D eigenvalue weighted by Crippen LogP contribution is 2.17. The molecule has 0 radical (unpaired) electrons. The predicted octanol–water partition coefficient (Wildman–Crippen LogP) is 2.60. The fourth-order valence-electron chi connectivity index (χ4n) is 2.41. The minimum Gasteiger partial charge on any atom is -0.494 e. The summed E-state index contributed by atoms with van der Waals surface area (Å²) in [6.45, 7) is 10.4. The number of ether oxygens (including phenoxy) is 2. The summed E-state index contributed by atoms with van der Waals surface area (Å²) in [5.74, 6) is 2.37. The molecule has 0 saturated carbocycles. The van der Waals surface area contributed by atoms with Crippen molar-refractivity contribution in [3.05, 3.63) is 24.3 Å². The third-order valence-corrected chi connectivity index (χ3v) is 3.83. The molecule has 0 amide bonds. The van der Waals surface area contributed by atoms with Crippen molar-refractivity contribution >= 4 is 0 Å². The molecule has 2 atom stereocenters. The average Bonchev–Trinajstić information content (AvgIpc) is 2.52. The van der Waals surface area contributed by atoms with E-state index in [2.05, 4.69) is 26.1 Å². The number of hydrogen-bond acceptors (Lipinski definition) is 3. The van der Waals surface area contributed by atoms with E-state index in [0.29, 0.717) is 25.8 Å². The quantitative estimate of drug-likeness (QED) is 0.621. The van der Waals surface area contributed by atoms with Crippen LogP contribution in [0, 0.1) is 5.92 Å². The van der Waals surface area contributed by atoms with E-state index in [1.165, 1.54) is 19.3 Å². The minimum absolute atomic E-state index is 0.323. The summed E-state index contributed by atoms with van der Waals surface area (Å²) in [5, 5.41) is 12.2. The maximum Gasteiger partial charge on any atom is 0.137 e. The molecule has 0 heterocycles. The fraction of sp³-hybridized carbons (Fsp3) is 0.684. The lowest BCUT2D eigenvalue weighted by Crippen LogP contribution is -2.91. The Balaban J connectivity index is 2.17. The van der Waals surface area contributed by atoms with E-state index >= 15 is 0 Å². The van der Waals surface area contributed by atoms with Gasteiger partial charge in [-0.2, -0.15) is 0 Å². The Morgan fingerprint density at radius 3 is 2.17 bits per heavy atom. The normalized spacial score (nSPS) is 13.8. The molecule has 4 heteroatoms. The minimum atomic E-state index is -0.450. The number of hydrogen-bond donors (Lipinski definition) is 2. The smallest absolute Gasteiger partial charge is 0.137 e. The highest BCUT2D eigenvalue weighted by molar-refractivity contribution is 5.31. The number of rotatable bonds is 12. The van der Waals surface area contributed by atoms with Gasteiger partial charge in [-0.3, -0.25) is 0 Å². The van der Waals surface area contributed by atoms with Crippen LogP contribution in [0.25, 0.3) is 0 Å². The number of aliphatic hydroxyl groups is 1. The van der Waals surface area contributed by atoms with Crippen LogP contribution in [0.2, 0.25) is 0 Å². The lowest BCUT2D eigenvalue weighted by molar-refractivity contribution is -0.692. The van der Waals surface area contributed by atoms with Crippen molar-refractivity contribution in [3.63, 3.8) is 0 Å². The zero-order valence-corrected chi connectivity index (χ0v) is 15.1. The van der Waals surface area contributed by atoms with Gasteiger partial charge < -0.3 is 19.9 Å². The Hall–Kier alpha value is -1.26. The van der Waals surface area contributed by atoms with E-state index in [-0.39, 0.29) is 0 Å². The molecular formula is C19H34NO3+. The molecule has 1 aromatic carbocycles. The van der Waals surface area contributed by atoms with Gasteiger partial charge in [-0.25, -0.2) is 0 Å². The first kappa shape index (κ1) is 19.8. The summed E-state index contributed by atoms with van der Waals surface area (Å²) >= 11 is 0. The summed E-state index contributed by atoms with van der Waals surface area (Å²) in [6.07, 6.45) is 3.29. The zero-order valence-electron chi connectivity index (χ0n) is 15.1. The van der Waals surface area contributed by atoms with Gasteiger partial charge in [0.25, 0.3) is 0 Å². The van der Waals surface area contributed by atoms with Crippen LogP contribution >= 0.6 is 0 Å². The van der Waals surface area contributed by atoms with Crippen LogP contribution in [0.5, 0.6) is 11.5 Å². The van der Waals surface area contributed by atoms with Crippen molar-refractivity contribution in [2.24, 2.45) is 5.92 Å². The molecule has 0 aromatic heterocycles. The van der Waals surface area contributed by atoms with E-state index in [1.54, 1.807) is 0 Å². The molecule has 0 spiro atoms. The first-order valence-electron chi connectivity index (χ1n) is 8.88. The second-order valence-corrected chi connectivity index (χ2v) is 6.64. The molecule has 0 aliphatic heterocycles. The van der Waals surface area contributed by atoms with Crippen LogP contribution in [0.3, 0.4) is 0 Å². The van der Waals surface area contributed by atoms with Gasteiger partial charge in [0.2, 0.25) is 0 Å². The molecular weight excluding hydrogens is 290 g/mol. The van der Waals surface area contributed by atoms with Gasteiger partial charge in [0.05, 0.1) is 12.6 Å². The molecule has 0 unspecified atom stereocenters. The summed E-state index contributed by atoms with van der Waals surface area (Å²) in [5.41, 5.74) is 0.